The minimum Gasteiger partial charge on any atom is -0.493 e. The Balaban J connectivity index is 1.58. The third-order valence-corrected chi connectivity index (χ3v) is 6.50. The van der Waals surface area contributed by atoms with E-state index < -0.39 is 5.91 Å². The topological polar surface area (TPSA) is 67.1 Å². The van der Waals surface area contributed by atoms with E-state index in [1.807, 2.05) is 6.07 Å². The van der Waals surface area contributed by atoms with Crippen LogP contribution in [0.4, 0.5) is 5.69 Å². The van der Waals surface area contributed by atoms with Crippen LogP contribution < -0.4 is 15.1 Å². The number of hydrogen-bond donors (Lipinski definition) is 1. The molecular weight excluding hydrogens is 482 g/mol. The van der Waals surface area contributed by atoms with Crippen LogP contribution >= 0.6 is 15.9 Å². The fourth-order valence-electron chi connectivity index (χ4n) is 4.53. The lowest BCUT2D eigenvalue weighted by Crippen LogP contribution is -2.45. The van der Waals surface area contributed by atoms with Crippen LogP contribution in [-0.2, 0) is 0 Å². The zero-order chi connectivity index (χ0) is 23.9. The maximum Gasteiger partial charge on any atom is 0.307 e. The van der Waals surface area contributed by atoms with Gasteiger partial charge in [0.1, 0.15) is 0 Å². The molecule has 1 aliphatic rings. The largest absolute Gasteiger partial charge is 0.493 e. The molecule has 33 heavy (non-hydrogen) atoms. The number of hydrazone groups is 1. The molecule has 7 heteroatoms. The fraction of sp³-hybridized carbons (Fsp3) is 0.308. The zero-order valence-electron chi connectivity index (χ0n) is 19.7. The first-order valence-electron chi connectivity index (χ1n) is 10.9. The van der Waals surface area contributed by atoms with Crippen LogP contribution in [-0.4, -0.2) is 31.3 Å². The Bertz CT molecular complexity index is 1300. The van der Waals surface area contributed by atoms with Crippen molar-refractivity contribution in [3.8, 4) is 5.75 Å². The number of fused-ring (bicyclic) bond motifs is 2. The van der Waals surface area contributed by atoms with Crippen LogP contribution in [0.2, 0.25) is 0 Å². The van der Waals surface area contributed by atoms with Gasteiger partial charge in [-0.05, 0) is 81.7 Å². The van der Waals surface area contributed by atoms with Crippen molar-refractivity contribution in [1.82, 2.24) is 5.43 Å². The van der Waals surface area contributed by atoms with E-state index in [9.17, 15) is 4.79 Å². The smallest absolute Gasteiger partial charge is 0.307 e. The average Bonchev–Trinajstić information content (AvgIpc) is 3.17. The summed E-state index contributed by atoms with van der Waals surface area (Å²) in [7, 11) is 1.56. The molecule has 0 radical (unpaired) electrons. The second kappa shape index (κ2) is 8.71. The molecule has 1 N–H and O–H groups in total. The van der Waals surface area contributed by atoms with Crippen LogP contribution in [0.3, 0.4) is 0 Å². The highest BCUT2D eigenvalue weighted by Gasteiger charge is 2.30. The highest BCUT2D eigenvalue weighted by Crippen LogP contribution is 2.40. The summed E-state index contributed by atoms with van der Waals surface area (Å²) in [6, 6.07) is 9.67. The summed E-state index contributed by atoms with van der Waals surface area (Å²) >= 11 is 3.44. The Kier molecular flexibility index (Phi) is 6.10. The van der Waals surface area contributed by atoms with Gasteiger partial charge in [0.2, 0.25) is 0 Å². The molecule has 0 bridgehead atoms. The van der Waals surface area contributed by atoms with Crippen molar-refractivity contribution in [2.75, 3.05) is 18.6 Å². The number of carbonyl (C=O) groups excluding carboxylic acids is 1. The van der Waals surface area contributed by atoms with Crippen molar-refractivity contribution in [2.24, 2.45) is 5.10 Å². The molecule has 172 valence electrons. The molecule has 6 nitrogen and oxygen atoms in total. The predicted octanol–water partition coefficient (Wildman–Crippen LogP) is 6.30. The summed E-state index contributed by atoms with van der Waals surface area (Å²) in [6.07, 6.45) is 3.97. The number of allylic oxidation sites excluding steroid dienone is 1. The molecule has 0 saturated heterocycles. The van der Waals surface area contributed by atoms with E-state index in [0.29, 0.717) is 11.3 Å². The van der Waals surface area contributed by atoms with Gasteiger partial charge in [-0.25, -0.2) is 5.43 Å². The number of hydrogen-bond acceptors (Lipinski definition) is 5. The highest BCUT2D eigenvalue weighted by molar-refractivity contribution is 9.10. The molecule has 0 fully saturated rings. The lowest BCUT2D eigenvalue weighted by atomic mass is 9.87. The first-order chi connectivity index (χ1) is 15.6. The third kappa shape index (κ3) is 4.29. The lowest BCUT2D eigenvalue weighted by molar-refractivity contribution is 0.0929. The van der Waals surface area contributed by atoms with Crippen molar-refractivity contribution in [3.63, 3.8) is 0 Å². The minimum atomic E-state index is -0.425. The predicted molar refractivity (Wildman–Crippen MR) is 137 cm³/mol. The standard InChI is InChI=1S/C26H28BrN3O3/c1-7-30-21-8-15(2)18(10-20(21)16(3)13-26(30,4)5)14-28-29-25(31)23-11-17-9-19(27)12-22(32-6)24(17)33-23/h8-14H,7H2,1-6H3,(H,29,31)/b28-14+. The summed E-state index contributed by atoms with van der Waals surface area (Å²) in [5, 5.41) is 4.96. The molecule has 1 aliphatic heterocycles. The van der Waals surface area contributed by atoms with Gasteiger partial charge in [-0.2, -0.15) is 5.10 Å². The number of rotatable bonds is 5. The Labute approximate surface area is 202 Å². The molecule has 0 atom stereocenters. The molecule has 3 aromatic rings. The van der Waals surface area contributed by atoms with Gasteiger partial charge in [-0.1, -0.05) is 22.0 Å². The van der Waals surface area contributed by atoms with Crippen LogP contribution in [0, 0.1) is 6.92 Å². The quantitative estimate of drug-likeness (QED) is 0.323. The number of likely N-dealkylation sites (N-methyl/N-ethyl adjacent to an activating group) is 1. The third-order valence-electron chi connectivity index (χ3n) is 6.04. The van der Waals surface area contributed by atoms with Crippen molar-refractivity contribution in [3.05, 3.63) is 63.3 Å². The second-order valence-corrected chi connectivity index (χ2v) is 9.70. The van der Waals surface area contributed by atoms with Gasteiger partial charge in [-0.15, -0.1) is 0 Å². The van der Waals surface area contributed by atoms with E-state index >= 15 is 0 Å². The number of halogens is 1. The van der Waals surface area contributed by atoms with Gasteiger partial charge in [0.05, 0.1) is 18.9 Å². The average molecular weight is 510 g/mol. The molecule has 1 aromatic heterocycles. The zero-order valence-corrected chi connectivity index (χ0v) is 21.3. The molecule has 0 unspecified atom stereocenters. The van der Waals surface area contributed by atoms with E-state index in [1.165, 1.54) is 16.8 Å². The van der Waals surface area contributed by atoms with Crippen LogP contribution in [0.1, 0.15) is 54.9 Å². The summed E-state index contributed by atoms with van der Waals surface area (Å²) in [5.74, 6) is 0.297. The molecule has 2 aromatic carbocycles. The number of benzene rings is 2. The van der Waals surface area contributed by atoms with Gasteiger partial charge in [0.15, 0.2) is 17.1 Å². The number of aryl methyl sites for hydroxylation is 1. The molecule has 2 heterocycles. The van der Waals surface area contributed by atoms with Crippen LogP contribution in [0.5, 0.6) is 5.75 Å². The van der Waals surface area contributed by atoms with Crippen molar-refractivity contribution >= 4 is 50.3 Å². The van der Waals surface area contributed by atoms with Gasteiger partial charge >= 0.3 is 5.91 Å². The Hall–Kier alpha value is -3.06. The molecular formula is C26H28BrN3O3. The summed E-state index contributed by atoms with van der Waals surface area (Å²) in [5.41, 5.74) is 8.75. The van der Waals surface area contributed by atoms with Gasteiger partial charge in [-0.3, -0.25) is 4.79 Å². The summed E-state index contributed by atoms with van der Waals surface area (Å²) < 4.78 is 11.9. The number of carbonyl (C=O) groups is 1. The molecule has 0 spiro atoms. The van der Waals surface area contributed by atoms with E-state index in [0.717, 1.165) is 27.5 Å². The molecule has 0 saturated carbocycles. The number of ether oxygens (including phenoxy) is 1. The maximum atomic E-state index is 12.6. The summed E-state index contributed by atoms with van der Waals surface area (Å²) in [4.78, 5) is 15.0. The highest BCUT2D eigenvalue weighted by atomic mass is 79.9. The minimum absolute atomic E-state index is 0.0350. The second-order valence-electron chi connectivity index (χ2n) is 8.79. The number of furan rings is 1. The number of methoxy groups -OCH3 is 1. The van der Waals surface area contributed by atoms with Gasteiger partial charge < -0.3 is 14.1 Å². The van der Waals surface area contributed by atoms with Crippen LogP contribution in [0.15, 0.2) is 50.4 Å². The molecule has 0 aliphatic carbocycles. The molecule has 4 rings (SSSR count). The molecule has 1 amide bonds. The number of anilines is 1. The number of nitrogens with zero attached hydrogens (tertiary/aromatic N) is 2. The van der Waals surface area contributed by atoms with Crippen molar-refractivity contribution in [1.29, 1.82) is 0 Å². The normalized spacial score (nSPS) is 15.0. The van der Waals surface area contributed by atoms with Crippen molar-refractivity contribution in [2.45, 2.75) is 40.2 Å². The Morgan fingerprint density at radius 2 is 2.00 bits per heavy atom. The SMILES string of the molecule is CCN1c2cc(C)c(/C=N/NC(=O)c3cc4cc(Br)cc(OC)c4o3)cc2C(C)=CC1(C)C. The first-order valence-corrected chi connectivity index (χ1v) is 11.7. The van der Waals surface area contributed by atoms with Gasteiger partial charge in [0, 0.05) is 27.7 Å². The monoisotopic (exact) mass is 509 g/mol. The lowest BCUT2D eigenvalue weighted by Gasteiger charge is -2.43. The van der Waals surface area contributed by atoms with Crippen LogP contribution in [0.25, 0.3) is 16.5 Å². The number of nitrogens with one attached hydrogen (secondary N) is 1. The van der Waals surface area contributed by atoms with Crippen molar-refractivity contribution < 1.29 is 13.9 Å². The Morgan fingerprint density at radius 1 is 1.24 bits per heavy atom. The fourth-order valence-corrected chi connectivity index (χ4v) is 4.98. The summed E-state index contributed by atoms with van der Waals surface area (Å²) in [6.45, 7) is 11.8. The maximum absolute atomic E-state index is 12.6. The first kappa shape index (κ1) is 23.1. The Morgan fingerprint density at radius 3 is 2.70 bits per heavy atom. The van der Waals surface area contributed by atoms with E-state index in [1.54, 1.807) is 25.5 Å². The van der Waals surface area contributed by atoms with E-state index in [-0.39, 0.29) is 11.3 Å². The van der Waals surface area contributed by atoms with Gasteiger partial charge in [0.25, 0.3) is 0 Å². The van der Waals surface area contributed by atoms with E-state index in [4.69, 9.17) is 9.15 Å². The number of amides is 1. The van der Waals surface area contributed by atoms with E-state index in [2.05, 4.69) is 84.2 Å².